The van der Waals surface area contributed by atoms with Gasteiger partial charge in [0.1, 0.15) is 0 Å². The third-order valence-corrected chi connectivity index (χ3v) is 3.04. The summed E-state index contributed by atoms with van der Waals surface area (Å²) >= 11 is 0. The van der Waals surface area contributed by atoms with Crippen molar-refractivity contribution in [2.24, 2.45) is 5.92 Å². The Morgan fingerprint density at radius 3 is 2.75 bits per heavy atom. The number of nitrogens with zero attached hydrogens (tertiary/aromatic N) is 1. The number of nitrogens with one attached hydrogen (secondary N) is 1. The second kappa shape index (κ2) is 5.72. The van der Waals surface area contributed by atoms with E-state index in [0.717, 1.165) is 25.8 Å². The zero-order chi connectivity index (χ0) is 12.1. The predicted molar refractivity (Wildman–Crippen MR) is 60.2 cm³/mol. The Kier molecular flexibility index (Phi) is 4.58. The van der Waals surface area contributed by atoms with Gasteiger partial charge in [0.25, 0.3) is 0 Å². The first-order chi connectivity index (χ1) is 7.52. The average Bonchev–Trinajstić information content (AvgIpc) is 2.25. The van der Waals surface area contributed by atoms with Crippen LogP contribution in [-0.4, -0.2) is 41.1 Å². The van der Waals surface area contributed by atoms with Crippen molar-refractivity contribution in [1.29, 1.82) is 0 Å². The Morgan fingerprint density at radius 2 is 2.19 bits per heavy atom. The van der Waals surface area contributed by atoms with Gasteiger partial charge in [0.05, 0.1) is 5.92 Å². The summed E-state index contributed by atoms with van der Waals surface area (Å²) in [5, 5.41) is 11.4. The van der Waals surface area contributed by atoms with Gasteiger partial charge < -0.3 is 15.3 Å². The van der Waals surface area contributed by atoms with E-state index in [1.54, 1.807) is 11.8 Å². The molecule has 0 aliphatic carbocycles. The maximum Gasteiger partial charge on any atom is 0.317 e. The average molecular weight is 228 g/mol. The molecule has 92 valence electrons. The van der Waals surface area contributed by atoms with Crippen molar-refractivity contribution < 1.29 is 14.7 Å². The first-order valence-corrected chi connectivity index (χ1v) is 5.79. The van der Waals surface area contributed by atoms with Gasteiger partial charge in [-0.05, 0) is 26.2 Å². The summed E-state index contributed by atoms with van der Waals surface area (Å²) < 4.78 is 0. The smallest absolute Gasteiger partial charge is 0.317 e. The molecule has 0 aromatic carbocycles. The highest BCUT2D eigenvalue weighted by Crippen LogP contribution is 2.16. The molecule has 0 radical (unpaired) electrons. The summed E-state index contributed by atoms with van der Waals surface area (Å²) in [6.07, 6.45) is 3.23. The summed E-state index contributed by atoms with van der Waals surface area (Å²) in [6.45, 7) is 4.58. The Balaban J connectivity index is 2.36. The number of carbonyl (C=O) groups excluding carboxylic acids is 1. The maximum atomic E-state index is 11.8. The molecule has 1 rings (SSSR count). The van der Waals surface area contributed by atoms with E-state index in [1.165, 1.54) is 0 Å². The number of aliphatic carboxylic acids is 1. The highest BCUT2D eigenvalue weighted by Gasteiger charge is 2.23. The molecule has 1 aliphatic rings. The van der Waals surface area contributed by atoms with Crippen molar-refractivity contribution >= 4 is 12.0 Å². The molecule has 0 spiro atoms. The molecule has 1 heterocycles. The third kappa shape index (κ3) is 3.40. The number of piperidine rings is 1. The largest absolute Gasteiger partial charge is 0.481 e. The van der Waals surface area contributed by atoms with E-state index >= 15 is 0 Å². The minimum Gasteiger partial charge on any atom is -0.481 e. The maximum absolute atomic E-state index is 11.8. The minimum absolute atomic E-state index is 0.139. The van der Waals surface area contributed by atoms with Gasteiger partial charge in [-0.1, -0.05) is 6.92 Å². The van der Waals surface area contributed by atoms with Crippen LogP contribution in [0.3, 0.4) is 0 Å². The van der Waals surface area contributed by atoms with Crippen molar-refractivity contribution in [2.75, 3.05) is 13.1 Å². The van der Waals surface area contributed by atoms with Gasteiger partial charge in [0.15, 0.2) is 0 Å². The van der Waals surface area contributed by atoms with Gasteiger partial charge in [0, 0.05) is 19.1 Å². The zero-order valence-electron chi connectivity index (χ0n) is 9.90. The number of hydrogen-bond acceptors (Lipinski definition) is 2. The Labute approximate surface area is 95.8 Å². The Hall–Kier alpha value is -1.26. The SMILES string of the molecule is CC(CNC(=O)N1CCCCC1C)C(=O)O. The van der Waals surface area contributed by atoms with Crippen molar-refractivity contribution in [3.8, 4) is 0 Å². The summed E-state index contributed by atoms with van der Waals surface area (Å²) in [7, 11) is 0. The summed E-state index contributed by atoms with van der Waals surface area (Å²) in [4.78, 5) is 24.1. The van der Waals surface area contributed by atoms with Gasteiger partial charge in [-0.2, -0.15) is 0 Å². The van der Waals surface area contributed by atoms with Crippen molar-refractivity contribution in [3.63, 3.8) is 0 Å². The predicted octanol–water partition coefficient (Wildman–Crippen LogP) is 1.29. The molecule has 0 aromatic rings. The van der Waals surface area contributed by atoms with Gasteiger partial charge in [-0.3, -0.25) is 4.79 Å². The Bertz CT molecular complexity index is 268. The summed E-state index contributed by atoms with van der Waals surface area (Å²) in [5.41, 5.74) is 0. The number of carboxylic acids is 1. The monoisotopic (exact) mass is 228 g/mol. The summed E-state index contributed by atoms with van der Waals surface area (Å²) in [5.74, 6) is -1.42. The number of amides is 2. The number of rotatable bonds is 3. The van der Waals surface area contributed by atoms with Crippen molar-refractivity contribution in [1.82, 2.24) is 10.2 Å². The lowest BCUT2D eigenvalue weighted by atomic mass is 10.0. The van der Waals surface area contributed by atoms with Crippen LogP contribution < -0.4 is 5.32 Å². The van der Waals surface area contributed by atoms with E-state index < -0.39 is 11.9 Å². The lowest BCUT2D eigenvalue weighted by Gasteiger charge is -2.33. The minimum atomic E-state index is -0.882. The first kappa shape index (κ1) is 12.8. The highest BCUT2D eigenvalue weighted by molar-refractivity contribution is 5.76. The quantitative estimate of drug-likeness (QED) is 0.764. The standard InChI is InChI=1S/C11H20N2O3/c1-8(10(14)15)7-12-11(16)13-6-4-3-5-9(13)2/h8-9H,3-7H2,1-2H3,(H,12,16)(H,14,15). The van der Waals surface area contributed by atoms with Crippen LogP contribution in [0.25, 0.3) is 0 Å². The number of urea groups is 1. The number of hydrogen-bond donors (Lipinski definition) is 2. The molecule has 2 atom stereocenters. The molecule has 0 aromatic heterocycles. The van der Waals surface area contributed by atoms with E-state index in [1.807, 2.05) is 6.92 Å². The van der Waals surface area contributed by atoms with Crippen molar-refractivity contribution in [3.05, 3.63) is 0 Å². The second-order valence-electron chi connectivity index (χ2n) is 4.46. The number of carbonyl (C=O) groups is 2. The molecule has 1 saturated heterocycles. The lowest BCUT2D eigenvalue weighted by Crippen LogP contribution is -2.48. The van der Waals surface area contributed by atoms with Crippen LogP contribution >= 0.6 is 0 Å². The van der Waals surface area contributed by atoms with Crippen LogP contribution in [0.2, 0.25) is 0 Å². The fraction of sp³-hybridized carbons (Fsp3) is 0.818. The van der Waals surface area contributed by atoms with Gasteiger partial charge in [0.2, 0.25) is 0 Å². The molecule has 1 aliphatic heterocycles. The van der Waals surface area contributed by atoms with Crippen LogP contribution in [0.15, 0.2) is 0 Å². The molecule has 16 heavy (non-hydrogen) atoms. The lowest BCUT2D eigenvalue weighted by molar-refractivity contribution is -0.140. The van der Waals surface area contributed by atoms with Gasteiger partial charge in [-0.25, -0.2) is 4.79 Å². The molecule has 2 N–H and O–H groups in total. The van der Waals surface area contributed by atoms with E-state index in [-0.39, 0.29) is 18.6 Å². The van der Waals surface area contributed by atoms with E-state index in [2.05, 4.69) is 5.32 Å². The number of carboxylic acid groups (broad SMARTS) is 1. The highest BCUT2D eigenvalue weighted by atomic mass is 16.4. The molecule has 0 saturated carbocycles. The van der Waals surface area contributed by atoms with Gasteiger partial charge in [-0.15, -0.1) is 0 Å². The first-order valence-electron chi connectivity index (χ1n) is 5.79. The van der Waals surface area contributed by atoms with Gasteiger partial charge >= 0.3 is 12.0 Å². The van der Waals surface area contributed by atoms with Crippen molar-refractivity contribution in [2.45, 2.75) is 39.2 Å². The number of likely N-dealkylation sites (tertiary alicyclic amines) is 1. The third-order valence-electron chi connectivity index (χ3n) is 3.04. The fourth-order valence-electron chi connectivity index (χ4n) is 1.83. The summed E-state index contributed by atoms with van der Waals surface area (Å²) in [6, 6.07) is 0.120. The Morgan fingerprint density at radius 1 is 1.50 bits per heavy atom. The molecule has 2 unspecified atom stereocenters. The van der Waals surface area contributed by atoms with Crippen LogP contribution in [0.5, 0.6) is 0 Å². The normalized spacial score (nSPS) is 22.6. The van der Waals surface area contributed by atoms with Crippen LogP contribution in [0.4, 0.5) is 4.79 Å². The molecular weight excluding hydrogens is 208 g/mol. The second-order valence-corrected chi connectivity index (χ2v) is 4.46. The molecular formula is C11H20N2O3. The van der Waals surface area contributed by atoms with E-state index in [0.29, 0.717) is 0 Å². The topological polar surface area (TPSA) is 69.6 Å². The molecule has 1 fully saturated rings. The zero-order valence-corrected chi connectivity index (χ0v) is 9.90. The van der Waals surface area contributed by atoms with Crippen LogP contribution in [-0.2, 0) is 4.79 Å². The molecule has 5 nitrogen and oxygen atoms in total. The molecule has 2 amide bonds. The fourth-order valence-corrected chi connectivity index (χ4v) is 1.83. The van der Waals surface area contributed by atoms with Crippen LogP contribution in [0.1, 0.15) is 33.1 Å². The molecule has 0 bridgehead atoms. The van der Waals surface area contributed by atoms with E-state index in [4.69, 9.17) is 5.11 Å². The van der Waals surface area contributed by atoms with Crippen LogP contribution in [0, 0.1) is 5.92 Å². The molecule has 5 heteroatoms. The van der Waals surface area contributed by atoms with E-state index in [9.17, 15) is 9.59 Å².